The van der Waals surface area contributed by atoms with Gasteiger partial charge >= 0.3 is 0 Å². The van der Waals surface area contributed by atoms with Gasteiger partial charge in [-0.3, -0.25) is 10.1 Å². The Balaban J connectivity index is 1.92. The quantitative estimate of drug-likeness (QED) is 0.667. The molecule has 0 fully saturated rings. The number of benzene rings is 2. The van der Waals surface area contributed by atoms with Crippen LogP contribution in [0.25, 0.3) is 0 Å². The van der Waals surface area contributed by atoms with E-state index in [0.29, 0.717) is 10.7 Å². The predicted octanol–water partition coefficient (Wildman–Crippen LogP) is 3.80. The first-order chi connectivity index (χ1) is 10.1. The number of hydrogen-bond acceptors (Lipinski definition) is 4. The Hall–Kier alpha value is -2.11. The minimum atomic E-state index is -0.435. The number of non-ortho nitro benzene ring substituents is 1. The molecule has 0 aliphatic heterocycles. The molecule has 5 nitrogen and oxygen atoms in total. The van der Waals surface area contributed by atoms with Gasteiger partial charge in [-0.2, -0.15) is 0 Å². The summed E-state index contributed by atoms with van der Waals surface area (Å²) in [5.74, 6) is 0. The summed E-state index contributed by atoms with van der Waals surface area (Å²) in [5.41, 5.74) is 8.92. The van der Waals surface area contributed by atoms with E-state index in [-0.39, 0.29) is 17.8 Å². The number of anilines is 1. The van der Waals surface area contributed by atoms with Crippen LogP contribution in [0.15, 0.2) is 42.5 Å². The minimum Gasteiger partial charge on any atom is -0.377 e. The van der Waals surface area contributed by atoms with Gasteiger partial charge in [0.15, 0.2) is 0 Å². The topological polar surface area (TPSA) is 81.2 Å². The Morgan fingerprint density at radius 3 is 2.67 bits per heavy atom. The van der Waals surface area contributed by atoms with E-state index < -0.39 is 4.92 Å². The number of nitrogens with zero attached hydrogens (tertiary/aromatic N) is 1. The highest BCUT2D eigenvalue weighted by Crippen LogP contribution is 2.40. The molecule has 2 aromatic carbocycles. The number of nitro benzene ring substituents is 1. The van der Waals surface area contributed by atoms with Crippen LogP contribution in [-0.2, 0) is 0 Å². The molecular weight excluding hydrogens is 290 g/mol. The molecular formula is C15H14ClN3O2. The average Bonchev–Trinajstić information content (AvgIpc) is 2.78. The molecule has 0 aromatic heterocycles. The molecule has 0 saturated carbocycles. The number of fused-ring (bicyclic) bond motifs is 1. The zero-order valence-corrected chi connectivity index (χ0v) is 11.9. The van der Waals surface area contributed by atoms with Gasteiger partial charge in [-0.15, -0.1) is 0 Å². The molecule has 1 aliphatic rings. The van der Waals surface area contributed by atoms with Gasteiger partial charge in [0.2, 0.25) is 0 Å². The van der Waals surface area contributed by atoms with Crippen molar-refractivity contribution in [3.63, 3.8) is 0 Å². The van der Waals surface area contributed by atoms with Crippen molar-refractivity contribution in [2.75, 3.05) is 5.32 Å². The first kappa shape index (κ1) is 13.9. The average molecular weight is 304 g/mol. The van der Waals surface area contributed by atoms with Crippen molar-refractivity contribution < 1.29 is 4.92 Å². The molecule has 1 aliphatic carbocycles. The van der Waals surface area contributed by atoms with E-state index in [0.717, 1.165) is 17.5 Å². The highest BCUT2D eigenvalue weighted by molar-refractivity contribution is 6.33. The molecule has 0 amide bonds. The fourth-order valence-corrected chi connectivity index (χ4v) is 2.91. The first-order valence-corrected chi connectivity index (χ1v) is 6.99. The summed E-state index contributed by atoms with van der Waals surface area (Å²) in [6.45, 7) is 0. The van der Waals surface area contributed by atoms with E-state index in [1.165, 1.54) is 18.2 Å². The normalized spacial score (nSPS) is 20.1. The van der Waals surface area contributed by atoms with Crippen LogP contribution in [0, 0.1) is 10.1 Å². The lowest BCUT2D eigenvalue weighted by Gasteiger charge is -2.16. The maximum atomic E-state index is 10.9. The second-order valence-corrected chi connectivity index (χ2v) is 5.50. The summed E-state index contributed by atoms with van der Waals surface area (Å²) in [6, 6.07) is 12.3. The van der Waals surface area contributed by atoms with Crippen molar-refractivity contribution in [3.8, 4) is 0 Å². The summed E-state index contributed by atoms with van der Waals surface area (Å²) in [5, 5.41) is 14.6. The van der Waals surface area contributed by atoms with Crippen LogP contribution in [0.2, 0.25) is 5.02 Å². The minimum absolute atomic E-state index is 0.00991. The highest BCUT2D eigenvalue weighted by Gasteiger charge is 2.28. The summed E-state index contributed by atoms with van der Waals surface area (Å²) < 4.78 is 0. The van der Waals surface area contributed by atoms with E-state index in [4.69, 9.17) is 17.3 Å². The fourth-order valence-electron chi connectivity index (χ4n) is 2.74. The van der Waals surface area contributed by atoms with Crippen molar-refractivity contribution in [3.05, 3.63) is 68.7 Å². The Labute approximate surface area is 126 Å². The monoisotopic (exact) mass is 303 g/mol. The Kier molecular flexibility index (Phi) is 3.53. The second-order valence-electron chi connectivity index (χ2n) is 5.09. The molecule has 2 aromatic rings. The van der Waals surface area contributed by atoms with Crippen molar-refractivity contribution in [1.82, 2.24) is 0 Å². The van der Waals surface area contributed by atoms with Gasteiger partial charge in [0.05, 0.1) is 21.7 Å². The van der Waals surface area contributed by atoms with Crippen LogP contribution in [0.3, 0.4) is 0 Å². The highest BCUT2D eigenvalue weighted by atomic mass is 35.5. The summed E-state index contributed by atoms with van der Waals surface area (Å²) in [6.07, 6.45) is 0.734. The molecule has 108 valence electrons. The molecule has 0 spiro atoms. The van der Waals surface area contributed by atoms with E-state index in [1.54, 1.807) is 0 Å². The van der Waals surface area contributed by atoms with Crippen LogP contribution in [-0.4, -0.2) is 4.92 Å². The smallest absolute Gasteiger partial charge is 0.271 e. The third kappa shape index (κ3) is 2.57. The van der Waals surface area contributed by atoms with E-state index in [2.05, 4.69) is 5.32 Å². The molecule has 0 bridgehead atoms. The van der Waals surface area contributed by atoms with Crippen molar-refractivity contribution in [2.45, 2.75) is 18.5 Å². The van der Waals surface area contributed by atoms with E-state index in [9.17, 15) is 10.1 Å². The largest absolute Gasteiger partial charge is 0.377 e. The lowest BCUT2D eigenvalue weighted by molar-refractivity contribution is -0.384. The van der Waals surface area contributed by atoms with Crippen LogP contribution in [0.4, 0.5) is 11.4 Å². The third-order valence-electron chi connectivity index (χ3n) is 3.75. The van der Waals surface area contributed by atoms with Gasteiger partial charge < -0.3 is 11.1 Å². The van der Waals surface area contributed by atoms with Gasteiger partial charge in [-0.1, -0.05) is 35.9 Å². The second kappa shape index (κ2) is 5.35. The lowest BCUT2D eigenvalue weighted by Crippen LogP contribution is -2.10. The van der Waals surface area contributed by atoms with Crippen molar-refractivity contribution in [2.24, 2.45) is 5.73 Å². The zero-order valence-electron chi connectivity index (χ0n) is 11.1. The van der Waals surface area contributed by atoms with Crippen LogP contribution in [0.1, 0.15) is 29.6 Å². The molecule has 2 atom stereocenters. The lowest BCUT2D eigenvalue weighted by atomic mass is 10.1. The van der Waals surface area contributed by atoms with Gasteiger partial charge in [0.1, 0.15) is 0 Å². The summed E-state index contributed by atoms with van der Waals surface area (Å²) >= 11 is 6.13. The Morgan fingerprint density at radius 2 is 1.95 bits per heavy atom. The number of nitrogens with two attached hydrogens (primary N) is 1. The first-order valence-electron chi connectivity index (χ1n) is 6.61. The van der Waals surface area contributed by atoms with E-state index in [1.807, 2.05) is 24.3 Å². The number of halogens is 1. The summed E-state index contributed by atoms with van der Waals surface area (Å²) in [4.78, 5) is 10.4. The molecule has 6 heteroatoms. The van der Waals surface area contributed by atoms with Crippen molar-refractivity contribution in [1.29, 1.82) is 0 Å². The molecule has 21 heavy (non-hydrogen) atoms. The molecule has 0 radical (unpaired) electrons. The van der Waals surface area contributed by atoms with Crippen LogP contribution >= 0.6 is 11.6 Å². The van der Waals surface area contributed by atoms with Crippen LogP contribution < -0.4 is 11.1 Å². The SMILES string of the molecule is NC1CC(Nc2cc([N+](=O)[O-])ccc2Cl)c2ccccc21. The number of rotatable bonds is 3. The maximum Gasteiger partial charge on any atom is 0.271 e. The van der Waals surface area contributed by atoms with Crippen molar-refractivity contribution >= 4 is 23.0 Å². The van der Waals surface area contributed by atoms with Gasteiger partial charge in [0, 0.05) is 18.2 Å². The maximum absolute atomic E-state index is 10.9. The molecule has 3 rings (SSSR count). The third-order valence-corrected chi connectivity index (χ3v) is 4.08. The standard InChI is InChI=1S/C15H14ClN3O2/c16-12-6-5-9(19(20)21)7-15(12)18-14-8-13(17)10-3-1-2-4-11(10)14/h1-7,13-14,18H,8,17H2. The van der Waals surface area contributed by atoms with Gasteiger partial charge in [-0.05, 0) is 23.6 Å². The molecule has 0 saturated heterocycles. The van der Waals surface area contributed by atoms with Gasteiger partial charge in [-0.25, -0.2) is 0 Å². The molecule has 2 unspecified atom stereocenters. The predicted molar refractivity (Wildman–Crippen MR) is 82.5 cm³/mol. The Morgan fingerprint density at radius 1 is 1.24 bits per heavy atom. The summed E-state index contributed by atoms with van der Waals surface area (Å²) in [7, 11) is 0. The number of nitrogens with one attached hydrogen (secondary N) is 1. The Bertz CT molecular complexity index is 705. The van der Waals surface area contributed by atoms with Gasteiger partial charge in [0.25, 0.3) is 5.69 Å². The van der Waals surface area contributed by atoms with E-state index >= 15 is 0 Å². The zero-order chi connectivity index (χ0) is 15.0. The van der Waals surface area contributed by atoms with Crippen LogP contribution in [0.5, 0.6) is 0 Å². The molecule has 3 N–H and O–H groups in total. The fraction of sp³-hybridized carbons (Fsp3) is 0.200. The molecule has 0 heterocycles. The number of nitro groups is 1. The number of hydrogen-bond donors (Lipinski definition) is 2.